The summed E-state index contributed by atoms with van der Waals surface area (Å²) in [4.78, 5) is 16.5. The summed E-state index contributed by atoms with van der Waals surface area (Å²) in [5, 5.41) is 2.89. The average Bonchev–Trinajstić information content (AvgIpc) is 2.68. The van der Waals surface area contributed by atoms with Crippen LogP contribution in [0.5, 0.6) is 0 Å². The molecule has 0 bridgehead atoms. The van der Waals surface area contributed by atoms with Crippen LogP contribution < -0.4 is 0 Å². The number of carbonyl (C=O) groups excluding carboxylic acids is 1. The number of hydrogen-bond acceptors (Lipinski definition) is 3. The third kappa shape index (κ3) is 2.34. The topological polar surface area (TPSA) is 30.0 Å². The van der Waals surface area contributed by atoms with Crippen molar-refractivity contribution in [2.45, 2.75) is 40.0 Å². The Kier molecular flexibility index (Phi) is 3.43. The van der Waals surface area contributed by atoms with Crippen molar-refractivity contribution in [2.75, 3.05) is 0 Å². The van der Waals surface area contributed by atoms with E-state index in [0.29, 0.717) is 11.6 Å². The molecule has 1 fully saturated rings. The van der Waals surface area contributed by atoms with Crippen LogP contribution in [0.3, 0.4) is 0 Å². The molecule has 1 aliphatic rings. The van der Waals surface area contributed by atoms with Crippen LogP contribution in [0.1, 0.15) is 48.6 Å². The molecular weight excluding hydrogens is 218 g/mol. The number of ketones is 1. The van der Waals surface area contributed by atoms with Crippen LogP contribution in [0.2, 0.25) is 0 Å². The number of nitrogens with zero attached hydrogens (tertiary/aromatic N) is 1. The first-order valence-corrected chi connectivity index (χ1v) is 6.92. The van der Waals surface area contributed by atoms with Crippen molar-refractivity contribution in [1.82, 2.24) is 4.98 Å². The minimum absolute atomic E-state index is 0.215. The predicted molar refractivity (Wildman–Crippen MR) is 66.9 cm³/mol. The summed E-state index contributed by atoms with van der Waals surface area (Å²) in [5.41, 5.74) is 0.689. The summed E-state index contributed by atoms with van der Waals surface area (Å²) >= 11 is 1.57. The van der Waals surface area contributed by atoms with Gasteiger partial charge in [0.2, 0.25) is 0 Å². The number of thiazole rings is 1. The van der Waals surface area contributed by atoms with Gasteiger partial charge in [-0.25, -0.2) is 4.98 Å². The highest BCUT2D eigenvalue weighted by atomic mass is 32.1. The van der Waals surface area contributed by atoms with Gasteiger partial charge in [-0.2, -0.15) is 0 Å². The van der Waals surface area contributed by atoms with Crippen LogP contribution in [-0.2, 0) is 0 Å². The highest BCUT2D eigenvalue weighted by molar-refractivity contribution is 7.09. The number of Topliss-reactive ketones (excluding diaryl/α,β-unsaturated/α-hetero) is 1. The maximum absolute atomic E-state index is 12.2. The van der Waals surface area contributed by atoms with Gasteiger partial charge in [0.25, 0.3) is 0 Å². The van der Waals surface area contributed by atoms with E-state index in [1.54, 1.807) is 11.3 Å². The van der Waals surface area contributed by atoms with E-state index in [-0.39, 0.29) is 11.7 Å². The Labute approximate surface area is 101 Å². The van der Waals surface area contributed by atoms with Gasteiger partial charge in [0.05, 0.1) is 5.01 Å². The molecule has 2 nitrogen and oxygen atoms in total. The van der Waals surface area contributed by atoms with Crippen molar-refractivity contribution in [2.24, 2.45) is 17.8 Å². The molecule has 0 amide bonds. The van der Waals surface area contributed by atoms with Gasteiger partial charge in [-0.05, 0) is 38.0 Å². The molecule has 16 heavy (non-hydrogen) atoms. The zero-order valence-electron chi connectivity index (χ0n) is 10.2. The number of hydrogen-bond donors (Lipinski definition) is 0. The molecule has 1 aliphatic carbocycles. The van der Waals surface area contributed by atoms with E-state index in [4.69, 9.17) is 0 Å². The van der Waals surface area contributed by atoms with Crippen molar-refractivity contribution < 1.29 is 4.79 Å². The Morgan fingerprint density at radius 2 is 2.12 bits per heavy atom. The lowest BCUT2D eigenvalue weighted by Crippen LogP contribution is -2.26. The molecule has 2 rings (SSSR count). The first-order chi connectivity index (χ1) is 7.58. The number of rotatable bonds is 2. The van der Waals surface area contributed by atoms with Crippen LogP contribution in [0, 0.1) is 24.7 Å². The summed E-state index contributed by atoms with van der Waals surface area (Å²) in [6, 6.07) is 0. The lowest BCUT2D eigenvalue weighted by molar-refractivity contribution is 0.0833. The number of carbonyl (C=O) groups is 1. The summed E-state index contributed by atoms with van der Waals surface area (Å²) in [6.07, 6.45) is 3.26. The van der Waals surface area contributed by atoms with Crippen molar-refractivity contribution >= 4 is 17.1 Å². The van der Waals surface area contributed by atoms with Gasteiger partial charge in [-0.15, -0.1) is 11.3 Å². The molecule has 0 aliphatic heterocycles. The molecule has 0 saturated heterocycles. The Hall–Kier alpha value is -0.700. The van der Waals surface area contributed by atoms with E-state index < -0.39 is 0 Å². The molecule has 1 aromatic heterocycles. The zero-order chi connectivity index (χ0) is 11.7. The first-order valence-electron chi connectivity index (χ1n) is 6.04. The second-order valence-electron chi connectivity index (χ2n) is 5.08. The molecule has 1 aromatic rings. The lowest BCUT2D eigenvalue weighted by atomic mass is 9.74. The maximum atomic E-state index is 12.2. The van der Waals surface area contributed by atoms with Gasteiger partial charge in [-0.1, -0.05) is 13.8 Å². The molecule has 0 N–H and O–H groups in total. The lowest BCUT2D eigenvalue weighted by Gasteiger charge is -2.30. The van der Waals surface area contributed by atoms with E-state index in [0.717, 1.165) is 23.8 Å². The highest BCUT2D eigenvalue weighted by Crippen LogP contribution is 2.35. The molecule has 88 valence electrons. The molecule has 3 unspecified atom stereocenters. The Balaban J connectivity index is 2.06. The standard InChI is InChI=1S/C13H19NOS/c1-8-4-5-11(6-9(8)2)13(15)12-7-16-10(3)14-12/h7-9,11H,4-6H2,1-3H3. The minimum atomic E-state index is 0.215. The second-order valence-corrected chi connectivity index (χ2v) is 6.14. The normalized spacial score (nSPS) is 30.3. The monoisotopic (exact) mass is 237 g/mol. The van der Waals surface area contributed by atoms with Gasteiger partial charge >= 0.3 is 0 Å². The summed E-state index contributed by atoms with van der Waals surface area (Å²) in [6.45, 7) is 6.50. The number of aryl methyl sites for hydroxylation is 1. The van der Waals surface area contributed by atoms with Gasteiger partial charge in [0, 0.05) is 11.3 Å². The van der Waals surface area contributed by atoms with Gasteiger partial charge in [-0.3, -0.25) is 4.79 Å². The summed E-state index contributed by atoms with van der Waals surface area (Å²) < 4.78 is 0. The smallest absolute Gasteiger partial charge is 0.185 e. The third-order valence-corrected chi connectivity index (χ3v) is 4.61. The van der Waals surface area contributed by atoms with Gasteiger partial charge < -0.3 is 0 Å². The Morgan fingerprint density at radius 1 is 1.38 bits per heavy atom. The van der Waals surface area contributed by atoms with Crippen molar-refractivity contribution in [1.29, 1.82) is 0 Å². The van der Waals surface area contributed by atoms with Crippen molar-refractivity contribution in [3.8, 4) is 0 Å². The average molecular weight is 237 g/mol. The van der Waals surface area contributed by atoms with E-state index in [2.05, 4.69) is 18.8 Å². The molecular formula is C13H19NOS. The van der Waals surface area contributed by atoms with E-state index in [9.17, 15) is 4.79 Å². The van der Waals surface area contributed by atoms with Gasteiger partial charge in [0.15, 0.2) is 5.78 Å². The highest BCUT2D eigenvalue weighted by Gasteiger charge is 2.30. The first kappa shape index (κ1) is 11.8. The van der Waals surface area contributed by atoms with E-state index in [1.165, 1.54) is 6.42 Å². The molecule has 0 aromatic carbocycles. The van der Waals surface area contributed by atoms with Crippen molar-refractivity contribution in [3.63, 3.8) is 0 Å². The van der Waals surface area contributed by atoms with Crippen LogP contribution in [-0.4, -0.2) is 10.8 Å². The SMILES string of the molecule is Cc1nc(C(=O)C2CCC(C)C(C)C2)cs1. The summed E-state index contributed by atoms with van der Waals surface area (Å²) in [5.74, 6) is 1.92. The quantitative estimate of drug-likeness (QED) is 0.734. The molecule has 1 saturated carbocycles. The summed E-state index contributed by atoms with van der Waals surface area (Å²) in [7, 11) is 0. The molecule has 3 atom stereocenters. The van der Waals surface area contributed by atoms with E-state index >= 15 is 0 Å². The molecule has 0 spiro atoms. The largest absolute Gasteiger partial charge is 0.292 e. The van der Waals surface area contributed by atoms with Crippen LogP contribution in [0.15, 0.2) is 5.38 Å². The molecule has 0 radical (unpaired) electrons. The van der Waals surface area contributed by atoms with Crippen molar-refractivity contribution in [3.05, 3.63) is 16.1 Å². The maximum Gasteiger partial charge on any atom is 0.185 e. The Bertz CT molecular complexity index is 385. The zero-order valence-corrected chi connectivity index (χ0v) is 11.0. The fraction of sp³-hybridized carbons (Fsp3) is 0.692. The molecule has 1 heterocycles. The minimum Gasteiger partial charge on any atom is -0.292 e. The number of aromatic nitrogens is 1. The predicted octanol–water partition coefficient (Wildman–Crippen LogP) is 3.71. The Morgan fingerprint density at radius 3 is 2.69 bits per heavy atom. The third-order valence-electron chi connectivity index (χ3n) is 3.84. The second kappa shape index (κ2) is 4.66. The fourth-order valence-electron chi connectivity index (χ4n) is 2.47. The van der Waals surface area contributed by atoms with Crippen LogP contribution >= 0.6 is 11.3 Å². The molecule has 3 heteroatoms. The van der Waals surface area contributed by atoms with Crippen LogP contribution in [0.4, 0.5) is 0 Å². The fourth-order valence-corrected chi connectivity index (χ4v) is 3.07. The van der Waals surface area contributed by atoms with Crippen LogP contribution in [0.25, 0.3) is 0 Å². The van der Waals surface area contributed by atoms with Gasteiger partial charge in [0.1, 0.15) is 5.69 Å². The van der Waals surface area contributed by atoms with E-state index in [1.807, 2.05) is 12.3 Å².